The van der Waals surface area contributed by atoms with Gasteiger partial charge in [0.15, 0.2) is 11.0 Å². The molecule has 0 aliphatic rings. The summed E-state index contributed by atoms with van der Waals surface area (Å²) < 4.78 is 6.94. The van der Waals surface area contributed by atoms with E-state index in [0.717, 1.165) is 18.0 Å². The highest BCUT2D eigenvalue weighted by atomic mass is 35.5. The first-order valence-corrected chi connectivity index (χ1v) is 7.96. The van der Waals surface area contributed by atoms with Gasteiger partial charge in [-0.1, -0.05) is 30.7 Å². The molecule has 0 saturated heterocycles. The van der Waals surface area contributed by atoms with E-state index in [1.807, 2.05) is 29.8 Å². The second-order valence-corrected chi connectivity index (χ2v) is 5.28. The molecule has 0 atom stereocenters. The molecule has 0 bridgehead atoms. The third-order valence-electron chi connectivity index (χ3n) is 3.18. The Hall–Kier alpha value is -2.47. The molecule has 2 heterocycles. The predicted molar refractivity (Wildman–Crippen MR) is 95.7 cm³/mol. The van der Waals surface area contributed by atoms with Gasteiger partial charge in [0.1, 0.15) is 0 Å². The summed E-state index contributed by atoms with van der Waals surface area (Å²) in [5.41, 5.74) is 1.45. The van der Waals surface area contributed by atoms with Crippen LogP contribution in [0.1, 0.15) is 31.8 Å². The second kappa shape index (κ2) is 8.98. The van der Waals surface area contributed by atoms with Crippen molar-refractivity contribution in [2.45, 2.75) is 26.8 Å². The maximum Gasteiger partial charge on any atom is 0.233 e. The quantitative estimate of drug-likeness (QED) is 0.567. The Kier molecular flexibility index (Phi) is 6.69. The fourth-order valence-corrected chi connectivity index (χ4v) is 2.17. The molecule has 0 aromatic carbocycles. The van der Waals surface area contributed by atoms with E-state index in [9.17, 15) is 0 Å². The number of hydrogen-bond donors (Lipinski definition) is 0. The van der Waals surface area contributed by atoms with Crippen LogP contribution in [0.25, 0.3) is 0 Å². The zero-order valence-corrected chi connectivity index (χ0v) is 14.7. The van der Waals surface area contributed by atoms with E-state index in [2.05, 4.69) is 32.9 Å². The fourth-order valence-electron chi connectivity index (χ4n) is 1.98. The number of ether oxygens (including phenoxy) is 1. The molecule has 0 aliphatic heterocycles. The van der Waals surface area contributed by atoms with Crippen molar-refractivity contribution in [1.82, 2.24) is 19.5 Å². The number of allylic oxidation sites excluding steroid dienone is 3. The van der Waals surface area contributed by atoms with Gasteiger partial charge in [0.25, 0.3) is 0 Å². The Bertz CT molecular complexity index is 764. The largest absolute Gasteiger partial charge is 0.480 e. The minimum Gasteiger partial charge on any atom is -0.480 e. The van der Waals surface area contributed by atoms with Crippen molar-refractivity contribution in [3.05, 3.63) is 59.7 Å². The van der Waals surface area contributed by atoms with E-state index in [1.165, 1.54) is 7.11 Å². The van der Waals surface area contributed by atoms with Crippen molar-refractivity contribution >= 4 is 17.3 Å². The van der Waals surface area contributed by atoms with E-state index >= 15 is 0 Å². The van der Waals surface area contributed by atoms with Gasteiger partial charge in [-0.2, -0.15) is 4.98 Å². The monoisotopic (exact) mass is 345 g/mol. The van der Waals surface area contributed by atoms with Gasteiger partial charge in [-0.15, -0.1) is 0 Å². The van der Waals surface area contributed by atoms with Gasteiger partial charge in [-0.3, -0.25) is 9.98 Å². The summed E-state index contributed by atoms with van der Waals surface area (Å²) >= 11 is 6.15. The van der Waals surface area contributed by atoms with Crippen molar-refractivity contribution in [3.8, 4) is 5.88 Å². The van der Waals surface area contributed by atoms with Crippen LogP contribution in [0, 0.1) is 0 Å². The van der Waals surface area contributed by atoms with Gasteiger partial charge in [0.2, 0.25) is 5.88 Å². The summed E-state index contributed by atoms with van der Waals surface area (Å²) in [7, 11) is 1.52. The maximum absolute atomic E-state index is 6.15. The van der Waals surface area contributed by atoms with E-state index in [1.54, 1.807) is 18.6 Å². The number of aromatic nitrogens is 4. The van der Waals surface area contributed by atoms with E-state index in [-0.39, 0.29) is 0 Å². The fraction of sp³-hybridized carbons (Fsp3) is 0.294. The standard InChI is InChI=1S/C17H20ClN5O/c1-4-5-6-7-8-19-13(2)17-20-9-10-23(17)12-14-16(18)22-15(24-3)11-21-14/h5-11H,4,12H2,1-3H3/b6-5+,8-7-,19-13?. The normalized spacial score (nSPS) is 12.4. The third kappa shape index (κ3) is 4.76. The molecule has 7 heteroatoms. The molecule has 2 rings (SSSR count). The van der Waals surface area contributed by atoms with Gasteiger partial charge in [0, 0.05) is 18.6 Å². The number of imidazole rings is 1. The van der Waals surface area contributed by atoms with Crippen LogP contribution in [0.3, 0.4) is 0 Å². The maximum atomic E-state index is 6.15. The SMILES string of the molecule is CC/C=C/C=C\N=C(C)c1nccn1Cc1ncc(OC)nc1Cl. The Labute approximate surface area is 146 Å². The first-order valence-electron chi connectivity index (χ1n) is 7.58. The lowest BCUT2D eigenvalue weighted by Crippen LogP contribution is -2.10. The van der Waals surface area contributed by atoms with Gasteiger partial charge < -0.3 is 9.30 Å². The number of methoxy groups -OCH3 is 1. The Morgan fingerprint density at radius 1 is 1.38 bits per heavy atom. The van der Waals surface area contributed by atoms with Crippen LogP contribution < -0.4 is 4.74 Å². The van der Waals surface area contributed by atoms with Crippen molar-refractivity contribution in [1.29, 1.82) is 0 Å². The van der Waals surface area contributed by atoms with Gasteiger partial charge in [0.05, 0.1) is 31.3 Å². The molecule has 24 heavy (non-hydrogen) atoms. The highest BCUT2D eigenvalue weighted by molar-refractivity contribution is 6.30. The van der Waals surface area contributed by atoms with Crippen molar-refractivity contribution in [2.75, 3.05) is 7.11 Å². The lowest BCUT2D eigenvalue weighted by atomic mass is 10.3. The number of hydrogen-bond acceptors (Lipinski definition) is 5. The number of aliphatic imine (C=N–C) groups is 1. The zero-order chi connectivity index (χ0) is 17.4. The molecule has 0 saturated carbocycles. The summed E-state index contributed by atoms with van der Waals surface area (Å²) in [4.78, 5) is 17.2. The van der Waals surface area contributed by atoms with Crippen LogP contribution in [-0.2, 0) is 6.54 Å². The molecule has 0 unspecified atom stereocenters. The molecule has 0 radical (unpaired) electrons. The molecule has 2 aromatic rings. The van der Waals surface area contributed by atoms with E-state index in [0.29, 0.717) is 23.3 Å². The summed E-state index contributed by atoms with van der Waals surface area (Å²) in [5, 5.41) is 0.313. The highest BCUT2D eigenvalue weighted by Crippen LogP contribution is 2.16. The van der Waals surface area contributed by atoms with Crippen LogP contribution in [0.2, 0.25) is 5.15 Å². The average Bonchev–Trinajstić information content (AvgIpc) is 3.04. The lowest BCUT2D eigenvalue weighted by molar-refractivity contribution is 0.395. The predicted octanol–water partition coefficient (Wildman–Crippen LogP) is 3.67. The number of halogens is 1. The zero-order valence-electron chi connectivity index (χ0n) is 14.0. The molecule has 6 nitrogen and oxygen atoms in total. The molecule has 0 N–H and O–H groups in total. The summed E-state index contributed by atoms with van der Waals surface area (Å²) in [6.45, 7) is 4.45. The molecule has 126 valence electrons. The van der Waals surface area contributed by atoms with Crippen LogP contribution in [0.5, 0.6) is 5.88 Å². The van der Waals surface area contributed by atoms with Gasteiger partial charge >= 0.3 is 0 Å². The average molecular weight is 346 g/mol. The minimum atomic E-state index is 0.313. The van der Waals surface area contributed by atoms with E-state index in [4.69, 9.17) is 16.3 Å². The third-order valence-corrected chi connectivity index (χ3v) is 3.49. The molecule has 0 amide bonds. The molecule has 0 aliphatic carbocycles. The second-order valence-electron chi connectivity index (χ2n) is 4.92. The summed E-state index contributed by atoms with van der Waals surface area (Å²) in [6, 6.07) is 0. The number of rotatable bonds is 7. The lowest BCUT2D eigenvalue weighted by Gasteiger charge is -2.08. The highest BCUT2D eigenvalue weighted by Gasteiger charge is 2.11. The van der Waals surface area contributed by atoms with Gasteiger partial charge in [-0.05, 0) is 19.4 Å². The topological polar surface area (TPSA) is 65.2 Å². The van der Waals surface area contributed by atoms with Crippen molar-refractivity contribution in [2.24, 2.45) is 4.99 Å². The van der Waals surface area contributed by atoms with Crippen molar-refractivity contribution < 1.29 is 4.74 Å². The molecular formula is C17H20ClN5O. The Morgan fingerprint density at radius 3 is 2.92 bits per heavy atom. The first-order chi connectivity index (χ1) is 11.7. The van der Waals surface area contributed by atoms with E-state index < -0.39 is 0 Å². The van der Waals surface area contributed by atoms with Crippen LogP contribution in [0.4, 0.5) is 0 Å². The number of nitrogens with zero attached hydrogens (tertiary/aromatic N) is 5. The van der Waals surface area contributed by atoms with Crippen LogP contribution in [0.15, 0.2) is 48.0 Å². The summed E-state index contributed by atoms with van der Waals surface area (Å²) in [5.74, 6) is 1.14. The Balaban J connectivity index is 2.17. The minimum absolute atomic E-state index is 0.313. The first kappa shape index (κ1) is 17.9. The molecular weight excluding hydrogens is 326 g/mol. The molecule has 2 aromatic heterocycles. The Morgan fingerprint density at radius 2 is 2.21 bits per heavy atom. The smallest absolute Gasteiger partial charge is 0.233 e. The van der Waals surface area contributed by atoms with Gasteiger partial charge in [-0.25, -0.2) is 4.98 Å². The van der Waals surface area contributed by atoms with Crippen LogP contribution >= 0.6 is 11.6 Å². The molecule has 0 fully saturated rings. The van der Waals surface area contributed by atoms with Crippen molar-refractivity contribution in [3.63, 3.8) is 0 Å². The molecule has 0 spiro atoms. The summed E-state index contributed by atoms with van der Waals surface area (Å²) in [6.07, 6.45) is 13.8. The van der Waals surface area contributed by atoms with Crippen LogP contribution in [-0.4, -0.2) is 32.3 Å².